The van der Waals surface area contributed by atoms with E-state index in [9.17, 15) is 10.1 Å². The van der Waals surface area contributed by atoms with Gasteiger partial charge in [0.1, 0.15) is 17.9 Å². The lowest BCUT2D eigenvalue weighted by atomic mass is 10.1. The molecule has 3 heterocycles. The van der Waals surface area contributed by atoms with E-state index in [0.717, 1.165) is 55.1 Å². The number of benzene rings is 1. The Balaban J connectivity index is 1.73. The number of carbonyl (C=O) groups excluding carboxylic acids is 1. The molecule has 1 N–H and O–H groups in total. The highest BCUT2D eigenvalue weighted by molar-refractivity contribution is 5.99. The van der Waals surface area contributed by atoms with Crippen molar-refractivity contribution >= 4 is 17.4 Å². The first-order valence-electron chi connectivity index (χ1n) is 11.9. The normalized spacial score (nSPS) is 21.1. The maximum absolute atomic E-state index is 14.0. The zero-order chi connectivity index (χ0) is 23.5. The maximum atomic E-state index is 14.0. The summed E-state index contributed by atoms with van der Waals surface area (Å²) in [6, 6.07) is 12.3. The Morgan fingerprint density at radius 1 is 1.24 bits per heavy atom. The molecule has 1 aromatic heterocycles. The molecule has 0 bridgehead atoms. The van der Waals surface area contributed by atoms with E-state index in [1.807, 2.05) is 56.9 Å². The SMILES string of the molecule is CCN(C(=O)[C@H]1C[C@@H](N2CCNCC2)CN1c1nc(C)cc(C)c1C#N)c1cccc(C)c1. The molecule has 174 valence electrons. The van der Waals surface area contributed by atoms with Gasteiger partial charge in [-0.3, -0.25) is 9.69 Å². The highest BCUT2D eigenvalue weighted by Crippen LogP contribution is 2.33. The standard InChI is InChI=1S/C26H34N6O/c1-5-31(21-8-6-7-18(2)13-21)26(33)24-15-22(30-11-9-28-10-12-30)17-32(24)25-23(16-27)19(3)14-20(4)29-25/h6-8,13-14,22,24,28H,5,9-12,15,17H2,1-4H3/t22-,24-/m1/s1. The quantitative estimate of drug-likeness (QED) is 0.761. The predicted molar refractivity (Wildman–Crippen MR) is 132 cm³/mol. The van der Waals surface area contributed by atoms with Crippen LogP contribution in [0.5, 0.6) is 0 Å². The van der Waals surface area contributed by atoms with Crippen molar-refractivity contribution in [3.63, 3.8) is 0 Å². The van der Waals surface area contributed by atoms with Crippen LogP contribution in [0.4, 0.5) is 11.5 Å². The van der Waals surface area contributed by atoms with Gasteiger partial charge in [0, 0.05) is 56.7 Å². The number of aryl methyl sites for hydroxylation is 3. The van der Waals surface area contributed by atoms with Gasteiger partial charge in [0.15, 0.2) is 0 Å². The van der Waals surface area contributed by atoms with Gasteiger partial charge in [-0.2, -0.15) is 5.26 Å². The van der Waals surface area contributed by atoms with Crippen molar-refractivity contribution in [3.8, 4) is 6.07 Å². The number of piperazine rings is 1. The van der Waals surface area contributed by atoms with E-state index < -0.39 is 0 Å². The number of hydrogen-bond donors (Lipinski definition) is 1. The van der Waals surface area contributed by atoms with E-state index >= 15 is 0 Å². The fourth-order valence-corrected chi connectivity index (χ4v) is 5.20. The molecule has 1 aromatic carbocycles. The molecule has 33 heavy (non-hydrogen) atoms. The largest absolute Gasteiger partial charge is 0.342 e. The number of hydrogen-bond acceptors (Lipinski definition) is 6. The van der Waals surface area contributed by atoms with Crippen LogP contribution in [0.1, 0.15) is 35.7 Å². The van der Waals surface area contributed by atoms with Gasteiger partial charge in [0.05, 0.1) is 5.56 Å². The second-order valence-electron chi connectivity index (χ2n) is 9.16. The number of likely N-dealkylation sites (N-methyl/N-ethyl adjacent to an activating group) is 1. The summed E-state index contributed by atoms with van der Waals surface area (Å²) in [5, 5.41) is 13.3. The molecule has 2 fully saturated rings. The predicted octanol–water partition coefficient (Wildman–Crippen LogP) is 2.78. The molecule has 2 aliphatic heterocycles. The molecule has 7 heteroatoms. The number of nitrogens with zero attached hydrogens (tertiary/aromatic N) is 5. The average Bonchev–Trinajstić information content (AvgIpc) is 3.25. The van der Waals surface area contributed by atoms with E-state index in [-0.39, 0.29) is 18.0 Å². The number of anilines is 2. The molecule has 2 atom stereocenters. The molecule has 7 nitrogen and oxygen atoms in total. The maximum Gasteiger partial charge on any atom is 0.249 e. The Morgan fingerprint density at radius 2 is 2.00 bits per heavy atom. The van der Waals surface area contributed by atoms with Crippen molar-refractivity contribution < 1.29 is 4.79 Å². The zero-order valence-corrected chi connectivity index (χ0v) is 20.1. The van der Waals surface area contributed by atoms with Gasteiger partial charge >= 0.3 is 0 Å². The van der Waals surface area contributed by atoms with Crippen LogP contribution in [-0.2, 0) is 4.79 Å². The molecule has 0 spiro atoms. The van der Waals surface area contributed by atoms with Gasteiger partial charge in [-0.15, -0.1) is 0 Å². The number of aromatic nitrogens is 1. The van der Waals surface area contributed by atoms with Gasteiger partial charge in [-0.05, 0) is 63.4 Å². The van der Waals surface area contributed by atoms with E-state index in [1.54, 1.807) is 0 Å². The molecule has 2 aliphatic rings. The van der Waals surface area contributed by atoms with Crippen molar-refractivity contribution in [1.29, 1.82) is 5.26 Å². The molecule has 0 saturated carbocycles. The Hall–Kier alpha value is -2.95. The minimum Gasteiger partial charge on any atom is -0.342 e. The van der Waals surface area contributed by atoms with Crippen molar-refractivity contribution in [2.45, 2.75) is 46.2 Å². The van der Waals surface area contributed by atoms with E-state index in [1.165, 1.54) is 0 Å². The van der Waals surface area contributed by atoms with Gasteiger partial charge in [0.2, 0.25) is 5.91 Å². The first-order chi connectivity index (χ1) is 15.9. The van der Waals surface area contributed by atoms with Crippen LogP contribution < -0.4 is 15.1 Å². The number of nitrogens with one attached hydrogen (secondary N) is 1. The lowest BCUT2D eigenvalue weighted by molar-refractivity contribution is -0.119. The average molecular weight is 447 g/mol. The third-order valence-electron chi connectivity index (χ3n) is 6.84. The third-order valence-corrected chi connectivity index (χ3v) is 6.84. The van der Waals surface area contributed by atoms with Crippen LogP contribution >= 0.6 is 0 Å². The minimum atomic E-state index is -0.355. The monoisotopic (exact) mass is 446 g/mol. The first kappa shape index (κ1) is 23.2. The van der Waals surface area contributed by atoms with Gasteiger partial charge in [-0.1, -0.05) is 12.1 Å². The summed E-state index contributed by atoms with van der Waals surface area (Å²) in [5.41, 5.74) is 4.38. The number of amides is 1. The zero-order valence-electron chi connectivity index (χ0n) is 20.1. The van der Waals surface area contributed by atoms with E-state index in [0.29, 0.717) is 24.5 Å². The van der Waals surface area contributed by atoms with Crippen LogP contribution in [0, 0.1) is 32.1 Å². The smallest absolute Gasteiger partial charge is 0.249 e. The molecule has 0 unspecified atom stereocenters. The summed E-state index contributed by atoms with van der Waals surface area (Å²) < 4.78 is 0. The van der Waals surface area contributed by atoms with E-state index in [2.05, 4.69) is 27.3 Å². The number of nitriles is 1. The minimum absolute atomic E-state index is 0.0746. The van der Waals surface area contributed by atoms with Gasteiger partial charge in [-0.25, -0.2) is 4.98 Å². The molecule has 0 aliphatic carbocycles. The molecule has 1 amide bonds. The lowest BCUT2D eigenvalue weighted by Gasteiger charge is -2.32. The van der Waals surface area contributed by atoms with E-state index in [4.69, 9.17) is 4.98 Å². The summed E-state index contributed by atoms with van der Waals surface area (Å²) in [7, 11) is 0. The van der Waals surface area contributed by atoms with Gasteiger partial charge in [0.25, 0.3) is 0 Å². The van der Waals surface area contributed by atoms with Crippen LogP contribution in [-0.4, -0.2) is 67.1 Å². The Bertz CT molecular complexity index is 1060. The summed E-state index contributed by atoms with van der Waals surface area (Å²) in [6.07, 6.45) is 0.737. The Labute approximate surface area is 197 Å². The summed E-state index contributed by atoms with van der Waals surface area (Å²) in [5.74, 6) is 0.719. The molecule has 4 rings (SSSR count). The first-order valence-corrected chi connectivity index (χ1v) is 11.9. The number of carbonyl (C=O) groups is 1. The summed E-state index contributed by atoms with van der Waals surface area (Å²) >= 11 is 0. The molecular weight excluding hydrogens is 412 g/mol. The van der Waals surface area contributed by atoms with Crippen LogP contribution in [0.2, 0.25) is 0 Å². The van der Waals surface area contributed by atoms with Crippen LogP contribution in [0.15, 0.2) is 30.3 Å². The van der Waals surface area contributed by atoms with Gasteiger partial charge < -0.3 is 15.1 Å². The number of pyridine rings is 1. The third kappa shape index (κ3) is 4.73. The fraction of sp³-hybridized carbons (Fsp3) is 0.500. The van der Waals surface area contributed by atoms with Crippen LogP contribution in [0.25, 0.3) is 0 Å². The van der Waals surface area contributed by atoms with Crippen molar-refractivity contribution in [3.05, 3.63) is 52.7 Å². The Kier molecular flexibility index (Phi) is 6.96. The topological polar surface area (TPSA) is 75.5 Å². The highest BCUT2D eigenvalue weighted by atomic mass is 16.2. The molecule has 0 radical (unpaired) electrons. The van der Waals surface area contributed by atoms with Crippen molar-refractivity contribution in [1.82, 2.24) is 15.2 Å². The second-order valence-corrected chi connectivity index (χ2v) is 9.16. The Morgan fingerprint density at radius 3 is 2.67 bits per heavy atom. The fourth-order valence-electron chi connectivity index (χ4n) is 5.20. The summed E-state index contributed by atoms with van der Waals surface area (Å²) in [4.78, 5) is 25.2. The highest BCUT2D eigenvalue weighted by Gasteiger charge is 2.43. The molecular formula is C26H34N6O. The van der Waals surface area contributed by atoms with Crippen molar-refractivity contribution in [2.75, 3.05) is 49.1 Å². The molecule has 2 saturated heterocycles. The number of rotatable bonds is 5. The van der Waals surface area contributed by atoms with Crippen molar-refractivity contribution in [2.24, 2.45) is 0 Å². The lowest BCUT2D eigenvalue weighted by Crippen LogP contribution is -2.49. The molecule has 2 aromatic rings. The summed E-state index contributed by atoms with van der Waals surface area (Å²) in [6.45, 7) is 13.1. The second kappa shape index (κ2) is 9.90. The van der Waals surface area contributed by atoms with Crippen LogP contribution in [0.3, 0.4) is 0 Å².